The number of hydrogen-bond acceptors (Lipinski definition) is 4. The van der Waals surface area contributed by atoms with Gasteiger partial charge < -0.3 is 10.1 Å². The third-order valence-electron chi connectivity index (χ3n) is 3.23. The van der Waals surface area contributed by atoms with E-state index in [1.165, 1.54) is 25.3 Å². The summed E-state index contributed by atoms with van der Waals surface area (Å²) in [4.78, 5) is 11.7. The average molecular weight is 298 g/mol. The first-order valence-corrected chi connectivity index (χ1v) is 7.91. The summed E-state index contributed by atoms with van der Waals surface area (Å²) in [6.07, 6.45) is 2.74. The van der Waals surface area contributed by atoms with Gasteiger partial charge in [0.25, 0.3) is 0 Å². The molecule has 0 saturated heterocycles. The van der Waals surface area contributed by atoms with Crippen molar-refractivity contribution < 1.29 is 17.9 Å². The third kappa shape index (κ3) is 3.94. The molecule has 0 spiro atoms. The van der Waals surface area contributed by atoms with Crippen LogP contribution in [0.15, 0.2) is 23.1 Å². The van der Waals surface area contributed by atoms with Crippen LogP contribution >= 0.6 is 0 Å². The second kappa shape index (κ2) is 5.80. The summed E-state index contributed by atoms with van der Waals surface area (Å²) in [6, 6.07) is 4.33. The monoisotopic (exact) mass is 298 g/mol. The fourth-order valence-electron chi connectivity index (χ4n) is 1.92. The average Bonchev–Trinajstić information content (AvgIpc) is 3.18. The molecule has 1 saturated carbocycles. The molecule has 20 heavy (non-hydrogen) atoms. The number of rotatable bonds is 6. The van der Waals surface area contributed by atoms with E-state index < -0.39 is 10.0 Å². The van der Waals surface area contributed by atoms with Crippen LogP contribution in [0.25, 0.3) is 0 Å². The maximum atomic E-state index is 11.7. The SMILES string of the molecule is COc1ccc(S(N)(=O)=O)cc1CNC(=O)CC1CC1. The Morgan fingerprint density at radius 3 is 2.70 bits per heavy atom. The van der Waals surface area contributed by atoms with Crippen LogP contribution in [0.5, 0.6) is 5.75 Å². The Kier molecular flexibility index (Phi) is 4.29. The summed E-state index contributed by atoms with van der Waals surface area (Å²) in [6.45, 7) is 0.220. The third-order valence-corrected chi connectivity index (χ3v) is 4.14. The first-order chi connectivity index (χ1) is 9.40. The van der Waals surface area contributed by atoms with E-state index in [0.29, 0.717) is 23.7 Å². The minimum atomic E-state index is -3.77. The normalized spacial score (nSPS) is 14.9. The van der Waals surface area contributed by atoms with E-state index >= 15 is 0 Å². The number of benzene rings is 1. The first kappa shape index (κ1) is 14.8. The van der Waals surface area contributed by atoms with Crippen molar-refractivity contribution in [1.29, 1.82) is 0 Å². The van der Waals surface area contributed by atoms with Gasteiger partial charge in [-0.05, 0) is 37.0 Å². The van der Waals surface area contributed by atoms with Gasteiger partial charge in [-0.15, -0.1) is 0 Å². The lowest BCUT2D eigenvalue weighted by molar-refractivity contribution is -0.121. The van der Waals surface area contributed by atoms with E-state index in [9.17, 15) is 13.2 Å². The first-order valence-electron chi connectivity index (χ1n) is 6.36. The molecular weight excluding hydrogens is 280 g/mol. The molecular formula is C13H18N2O4S. The molecule has 7 heteroatoms. The number of carbonyl (C=O) groups excluding carboxylic acids is 1. The smallest absolute Gasteiger partial charge is 0.238 e. The molecule has 0 aromatic heterocycles. The Morgan fingerprint density at radius 2 is 2.15 bits per heavy atom. The molecule has 2 rings (SSSR count). The zero-order valence-electron chi connectivity index (χ0n) is 11.3. The molecule has 110 valence electrons. The Bertz CT molecular complexity index is 609. The highest BCUT2D eigenvalue weighted by atomic mass is 32.2. The fraction of sp³-hybridized carbons (Fsp3) is 0.462. The molecule has 0 atom stereocenters. The number of carbonyl (C=O) groups is 1. The van der Waals surface area contributed by atoms with Gasteiger partial charge in [0, 0.05) is 18.5 Å². The van der Waals surface area contributed by atoms with Crippen LogP contribution in [0.3, 0.4) is 0 Å². The summed E-state index contributed by atoms with van der Waals surface area (Å²) in [5, 5.41) is 7.86. The van der Waals surface area contributed by atoms with Gasteiger partial charge in [0.05, 0.1) is 12.0 Å². The summed E-state index contributed by atoms with van der Waals surface area (Å²) in [5.74, 6) is 0.993. The van der Waals surface area contributed by atoms with Gasteiger partial charge in [-0.2, -0.15) is 0 Å². The van der Waals surface area contributed by atoms with Crippen LogP contribution in [0, 0.1) is 5.92 Å². The number of primary sulfonamides is 1. The van der Waals surface area contributed by atoms with E-state index in [1.807, 2.05) is 0 Å². The fourth-order valence-corrected chi connectivity index (χ4v) is 2.48. The highest BCUT2D eigenvalue weighted by Gasteiger charge is 2.24. The van der Waals surface area contributed by atoms with Crippen molar-refractivity contribution in [2.75, 3.05) is 7.11 Å². The number of amides is 1. The number of methoxy groups -OCH3 is 1. The van der Waals surface area contributed by atoms with Crippen LogP contribution in [-0.2, 0) is 21.4 Å². The van der Waals surface area contributed by atoms with Crippen LogP contribution < -0.4 is 15.2 Å². The summed E-state index contributed by atoms with van der Waals surface area (Å²) >= 11 is 0. The highest BCUT2D eigenvalue weighted by Crippen LogP contribution is 2.32. The van der Waals surface area contributed by atoms with Crippen molar-refractivity contribution in [2.45, 2.75) is 30.7 Å². The van der Waals surface area contributed by atoms with Gasteiger partial charge in [-0.3, -0.25) is 4.79 Å². The van der Waals surface area contributed by atoms with Crippen molar-refractivity contribution >= 4 is 15.9 Å². The quantitative estimate of drug-likeness (QED) is 0.810. The predicted molar refractivity (Wildman–Crippen MR) is 73.6 cm³/mol. The van der Waals surface area contributed by atoms with Gasteiger partial charge in [-0.1, -0.05) is 0 Å². The molecule has 0 aliphatic heterocycles. The van der Waals surface area contributed by atoms with Gasteiger partial charge >= 0.3 is 0 Å². The number of nitrogens with one attached hydrogen (secondary N) is 1. The van der Waals surface area contributed by atoms with Crippen molar-refractivity contribution in [3.63, 3.8) is 0 Å². The van der Waals surface area contributed by atoms with Gasteiger partial charge in [0.15, 0.2) is 0 Å². The van der Waals surface area contributed by atoms with Crippen LogP contribution in [-0.4, -0.2) is 21.4 Å². The summed E-state index contributed by atoms with van der Waals surface area (Å²) in [5.41, 5.74) is 0.586. The van der Waals surface area contributed by atoms with Crippen LogP contribution in [0.4, 0.5) is 0 Å². The number of sulfonamides is 1. The topological polar surface area (TPSA) is 98.5 Å². The second-order valence-corrected chi connectivity index (χ2v) is 6.50. The largest absolute Gasteiger partial charge is 0.496 e. The molecule has 3 N–H and O–H groups in total. The lowest BCUT2D eigenvalue weighted by Gasteiger charge is -2.11. The van der Waals surface area contributed by atoms with Crippen molar-refractivity contribution in [3.05, 3.63) is 23.8 Å². The Morgan fingerprint density at radius 1 is 1.45 bits per heavy atom. The zero-order chi connectivity index (χ0) is 14.8. The van der Waals surface area contributed by atoms with E-state index in [2.05, 4.69) is 5.32 Å². The van der Waals surface area contributed by atoms with E-state index in [-0.39, 0.29) is 17.3 Å². The molecule has 6 nitrogen and oxygen atoms in total. The van der Waals surface area contributed by atoms with Gasteiger partial charge in [-0.25, -0.2) is 13.6 Å². The molecule has 1 amide bonds. The molecule has 0 bridgehead atoms. The van der Waals surface area contributed by atoms with E-state index in [0.717, 1.165) is 12.8 Å². The Hall–Kier alpha value is -1.60. The van der Waals surface area contributed by atoms with Crippen molar-refractivity contribution in [3.8, 4) is 5.75 Å². The minimum Gasteiger partial charge on any atom is -0.496 e. The van der Waals surface area contributed by atoms with Crippen LogP contribution in [0.2, 0.25) is 0 Å². The van der Waals surface area contributed by atoms with Gasteiger partial charge in [0.2, 0.25) is 15.9 Å². The molecule has 1 aromatic rings. The van der Waals surface area contributed by atoms with Gasteiger partial charge in [0.1, 0.15) is 5.75 Å². The minimum absolute atomic E-state index is 0.00439. The maximum Gasteiger partial charge on any atom is 0.238 e. The standard InChI is InChI=1S/C13H18N2O4S/c1-19-12-5-4-11(20(14,17)18)7-10(12)8-15-13(16)6-9-2-3-9/h4-5,7,9H,2-3,6,8H2,1H3,(H,15,16)(H2,14,17,18). The summed E-state index contributed by atoms with van der Waals surface area (Å²) in [7, 11) is -2.28. The summed E-state index contributed by atoms with van der Waals surface area (Å²) < 4.78 is 27.8. The molecule has 1 aliphatic carbocycles. The second-order valence-electron chi connectivity index (χ2n) is 4.94. The number of ether oxygens (including phenoxy) is 1. The molecule has 1 aromatic carbocycles. The molecule has 1 fully saturated rings. The lowest BCUT2D eigenvalue weighted by atomic mass is 10.2. The van der Waals surface area contributed by atoms with Crippen molar-refractivity contribution in [2.24, 2.45) is 11.1 Å². The molecule has 0 heterocycles. The molecule has 0 radical (unpaired) electrons. The van der Waals surface area contributed by atoms with E-state index in [1.54, 1.807) is 0 Å². The Balaban J connectivity index is 2.09. The molecule has 0 unspecified atom stereocenters. The zero-order valence-corrected chi connectivity index (χ0v) is 12.1. The van der Waals surface area contributed by atoms with E-state index in [4.69, 9.17) is 9.88 Å². The lowest BCUT2D eigenvalue weighted by Crippen LogP contribution is -2.23. The Labute approximate surface area is 118 Å². The van der Waals surface area contributed by atoms with Crippen LogP contribution in [0.1, 0.15) is 24.8 Å². The number of nitrogens with two attached hydrogens (primary N) is 1. The predicted octanol–water partition coefficient (Wildman–Crippen LogP) is 0.759. The molecule has 1 aliphatic rings. The van der Waals surface area contributed by atoms with Crippen molar-refractivity contribution in [1.82, 2.24) is 5.32 Å². The number of hydrogen-bond donors (Lipinski definition) is 2. The highest BCUT2D eigenvalue weighted by molar-refractivity contribution is 7.89. The maximum absolute atomic E-state index is 11.7.